The molecule has 0 aliphatic heterocycles. The molecule has 1 rings (SSSR count). The van der Waals surface area contributed by atoms with Crippen LogP contribution < -0.4 is 10.2 Å². The first-order valence-electron chi connectivity index (χ1n) is 6.50. The lowest BCUT2D eigenvalue weighted by Crippen LogP contribution is -2.45. The van der Waals surface area contributed by atoms with Gasteiger partial charge in [0, 0.05) is 25.4 Å². The summed E-state index contributed by atoms with van der Waals surface area (Å²) in [5, 5.41) is 21.9. The van der Waals surface area contributed by atoms with Crippen molar-refractivity contribution in [2.24, 2.45) is 0 Å². The molecule has 0 spiro atoms. The van der Waals surface area contributed by atoms with Crippen LogP contribution in [-0.4, -0.2) is 53.8 Å². The molecule has 1 aromatic heterocycles. The summed E-state index contributed by atoms with van der Waals surface area (Å²) in [5.41, 5.74) is -0.161. The van der Waals surface area contributed by atoms with Gasteiger partial charge in [0.1, 0.15) is 0 Å². The monoisotopic (exact) mass is 304 g/mol. The van der Waals surface area contributed by atoms with Gasteiger partial charge in [0.15, 0.2) is 4.34 Å². The molecule has 0 aliphatic rings. The Kier molecular flexibility index (Phi) is 7.06. The summed E-state index contributed by atoms with van der Waals surface area (Å²) in [4.78, 5) is 1.97. The van der Waals surface area contributed by atoms with Gasteiger partial charge in [-0.25, -0.2) is 0 Å². The van der Waals surface area contributed by atoms with Crippen LogP contribution in [0.25, 0.3) is 0 Å². The van der Waals surface area contributed by atoms with Gasteiger partial charge < -0.3 is 15.3 Å². The van der Waals surface area contributed by atoms with Gasteiger partial charge in [-0.2, -0.15) is 0 Å². The predicted molar refractivity (Wildman–Crippen MR) is 83.4 cm³/mol. The Labute approximate surface area is 123 Å². The number of aliphatic hydroxyl groups is 1. The molecule has 0 fully saturated rings. The van der Waals surface area contributed by atoms with Gasteiger partial charge in [-0.3, -0.25) is 0 Å². The van der Waals surface area contributed by atoms with E-state index in [0.717, 1.165) is 34.6 Å². The molecule has 1 aromatic rings. The van der Waals surface area contributed by atoms with Crippen molar-refractivity contribution in [1.82, 2.24) is 15.5 Å². The summed E-state index contributed by atoms with van der Waals surface area (Å²) in [6.45, 7) is 5.19. The number of hydrogen-bond donors (Lipinski definition) is 2. The third kappa shape index (κ3) is 5.64. The predicted octanol–water partition coefficient (Wildman–Crippen LogP) is 1.84. The number of likely N-dealkylation sites (N-methyl/N-ethyl adjacent to an activating group) is 1. The third-order valence-corrected chi connectivity index (χ3v) is 5.14. The van der Waals surface area contributed by atoms with Crippen molar-refractivity contribution in [1.29, 1.82) is 0 Å². The number of anilines is 1. The molecular weight excluding hydrogens is 280 g/mol. The molecule has 0 aromatic carbocycles. The van der Waals surface area contributed by atoms with Crippen LogP contribution in [-0.2, 0) is 0 Å². The van der Waals surface area contributed by atoms with Crippen LogP contribution in [0, 0.1) is 0 Å². The highest BCUT2D eigenvalue weighted by atomic mass is 32.2. The molecule has 1 atom stereocenters. The molecular formula is C12H24N4OS2. The van der Waals surface area contributed by atoms with Crippen molar-refractivity contribution in [2.45, 2.75) is 36.6 Å². The van der Waals surface area contributed by atoms with Crippen LogP contribution in [0.5, 0.6) is 0 Å². The van der Waals surface area contributed by atoms with Crippen molar-refractivity contribution < 1.29 is 5.11 Å². The maximum Gasteiger partial charge on any atom is 0.208 e. The van der Waals surface area contributed by atoms with E-state index in [9.17, 15) is 5.11 Å². The topological polar surface area (TPSA) is 61.3 Å². The highest BCUT2D eigenvalue weighted by molar-refractivity contribution is 8.01. The van der Waals surface area contributed by atoms with Crippen molar-refractivity contribution in [2.75, 3.05) is 37.9 Å². The van der Waals surface area contributed by atoms with Crippen molar-refractivity contribution in [3.05, 3.63) is 0 Å². The standard InChI is InChI=1S/C12H24N4OS2/c1-5-13-12(2,9-17)7-6-8-18-11-15-14-10(19-11)16(3)4/h13,17H,5-9H2,1-4H3. The fraction of sp³-hybridized carbons (Fsp3) is 0.833. The second kappa shape index (κ2) is 8.04. The molecule has 0 radical (unpaired) electrons. The molecule has 7 heteroatoms. The van der Waals surface area contributed by atoms with Gasteiger partial charge in [0.05, 0.1) is 6.61 Å². The summed E-state index contributed by atoms with van der Waals surface area (Å²) in [5.74, 6) is 1.00. The molecule has 0 amide bonds. The maximum atomic E-state index is 9.40. The first-order chi connectivity index (χ1) is 9.00. The van der Waals surface area contributed by atoms with E-state index in [1.54, 1.807) is 23.1 Å². The molecule has 5 nitrogen and oxygen atoms in total. The Hall–Kier alpha value is -0.370. The minimum Gasteiger partial charge on any atom is -0.394 e. The van der Waals surface area contributed by atoms with Gasteiger partial charge in [0.2, 0.25) is 5.13 Å². The smallest absolute Gasteiger partial charge is 0.208 e. The molecule has 19 heavy (non-hydrogen) atoms. The summed E-state index contributed by atoms with van der Waals surface area (Å²) >= 11 is 3.35. The number of hydrogen-bond acceptors (Lipinski definition) is 7. The normalized spacial score (nSPS) is 14.4. The Balaban J connectivity index is 2.29. The first-order valence-corrected chi connectivity index (χ1v) is 8.30. The molecule has 0 bridgehead atoms. The average molecular weight is 304 g/mol. The van der Waals surface area contributed by atoms with E-state index >= 15 is 0 Å². The second-order valence-electron chi connectivity index (χ2n) is 4.95. The van der Waals surface area contributed by atoms with Gasteiger partial charge in [-0.05, 0) is 26.3 Å². The van der Waals surface area contributed by atoms with Crippen LogP contribution in [0.15, 0.2) is 4.34 Å². The summed E-state index contributed by atoms with van der Waals surface area (Å²) < 4.78 is 1.01. The van der Waals surface area contributed by atoms with Crippen LogP contribution >= 0.6 is 23.1 Å². The SMILES string of the molecule is CCNC(C)(CO)CCCSc1nnc(N(C)C)s1. The summed E-state index contributed by atoms with van der Waals surface area (Å²) in [6, 6.07) is 0. The number of aromatic nitrogens is 2. The Bertz CT molecular complexity index is 372. The van der Waals surface area contributed by atoms with Crippen LogP contribution in [0.3, 0.4) is 0 Å². The van der Waals surface area contributed by atoms with Gasteiger partial charge in [-0.15, -0.1) is 10.2 Å². The van der Waals surface area contributed by atoms with Gasteiger partial charge in [-0.1, -0.05) is 30.0 Å². The second-order valence-corrected chi connectivity index (χ2v) is 7.24. The molecule has 1 heterocycles. The van der Waals surface area contributed by atoms with E-state index in [0.29, 0.717) is 0 Å². The molecule has 0 saturated carbocycles. The first kappa shape index (κ1) is 16.7. The lowest BCUT2D eigenvalue weighted by molar-refractivity contribution is 0.167. The number of nitrogens with one attached hydrogen (secondary N) is 1. The van der Waals surface area contributed by atoms with Gasteiger partial charge in [0.25, 0.3) is 0 Å². The zero-order valence-electron chi connectivity index (χ0n) is 12.1. The van der Waals surface area contributed by atoms with Crippen LogP contribution in [0.4, 0.5) is 5.13 Å². The number of nitrogens with zero attached hydrogens (tertiary/aromatic N) is 3. The van der Waals surface area contributed by atoms with Gasteiger partial charge >= 0.3 is 0 Å². The lowest BCUT2D eigenvalue weighted by atomic mass is 9.97. The van der Waals surface area contributed by atoms with Crippen molar-refractivity contribution in [3.63, 3.8) is 0 Å². The molecule has 0 aliphatic carbocycles. The Morgan fingerprint density at radius 1 is 1.42 bits per heavy atom. The van der Waals surface area contributed by atoms with E-state index in [2.05, 4.69) is 29.4 Å². The minimum absolute atomic E-state index is 0.161. The van der Waals surface area contributed by atoms with Crippen molar-refractivity contribution in [3.8, 4) is 0 Å². The zero-order chi connectivity index (χ0) is 14.3. The highest BCUT2D eigenvalue weighted by Crippen LogP contribution is 2.28. The van der Waals surface area contributed by atoms with Crippen molar-refractivity contribution >= 4 is 28.2 Å². The molecule has 1 unspecified atom stereocenters. The number of thioether (sulfide) groups is 1. The quantitative estimate of drug-likeness (QED) is 0.536. The fourth-order valence-electron chi connectivity index (χ4n) is 1.71. The zero-order valence-corrected chi connectivity index (χ0v) is 13.8. The Morgan fingerprint density at radius 3 is 2.68 bits per heavy atom. The molecule has 110 valence electrons. The summed E-state index contributed by atoms with van der Waals surface area (Å²) in [7, 11) is 3.94. The van der Waals surface area contributed by atoms with E-state index in [1.165, 1.54) is 0 Å². The third-order valence-electron chi connectivity index (χ3n) is 2.83. The number of aliphatic hydroxyl groups excluding tert-OH is 1. The number of rotatable bonds is 9. The lowest BCUT2D eigenvalue weighted by Gasteiger charge is -2.28. The van der Waals surface area contributed by atoms with Crippen LogP contribution in [0.1, 0.15) is 26.7 Å². The molecule has 0 saturated heterocycles. The summed E-state index contributed by atoms with van der Waals surface area (Å²) in [6.07, 6.45) is 2.01. The van der Waals surface area contributed by atoms with Crippen LogP contribution in [0.2, 0.25) is 0 Å². The van der Waals surface area contributed by atoms with E-state index in [1.807, 2.05) is 19.0 Å². The largest absolute Gasteiger partial charge is 0.394 e. The van der Waals surface area contributed by atoms with E-state index in [4.69, 9.17) is 0 Å². The highest BCUT2D eigenvalue weighted by Gasteiger charge is 2.21. The van der Waals surface area contributed by atoms with E-state index in [-0.39, 0.29) is 12.1 Å². The maximum absolute atomic E-state index is 9.40. The fourth-order valence-corrected chi connectivity index (χ4v) is 3.49. The van der Waals surface area contributed by atoms with E-state index < -0.39 is 0 Å². The molecule has 2 N–H and O–H groups in total. The average Bonchev–Trinajstić information content (AvgIpc) is 2.84. The Morgan fingerprint density at radius 2 is 2.16 bits per heavy atom. The minimum atomic E-state index is -0.161.